The van der Waals surface area contributed by atoms with Crippen LogP contribution in [0, 0.1) is 11.2 Å². The molecule has 1 aromatic rings. The van der Waals surface area contributed by atoms with Gasteiger partial charge in [-0.2, -0.15) is 0 Å². The summed E-state index contributed by atoms with van der Waals surface area (Å²) in [7, 11) is 1.37. The second-order valence-electron chi connectivity index (χ2n) is 1.27. The molecule has 0 aliphatic rings. The van der Waals surface area contributed by atoms with E-state index in [9.17, 15) is 0 Å². The SMILES string of the molecule is N#C[B]n1ccnc1.[H+].[H-].[Na+]. The summed E-state index contributed by atoms with van der Waals surface area (Å²) in [4.78, 5) is 3.72. The fourth-order valence-corrected chi connectivity index (χ4v) is 0.412. The predicted molar refractivity (Wildman–Crippen MR) is 31.2 cm³/mol. The van der Waals surface area contributed by atoms with Gasteiger partial charge in [0.25, 0.3) is 0 Å². The van der Waals surface area contributed by atoms with E-state index in [2.05, 4.69) is 4.98 Å². The molecule has 0 aliphatic heterocycles. The van der Waals surface area contributed by atoms with E-state index in [-0.39, 0.29) is 32.4 Å². The van der Waals surface area contributed by atoms with Crippen LogP contribution in [0.3, 0.4) is 0 Å². The van der Waals surface area contributed by atoms with E-state index in [0.717, 1.165) is 0 Å². The van der Waals surface area contributed by atoms with Crippen LogP contribution >= 0.6 is 0 Å². The molecule has 0 fully saturated rings. The number of nitrogens with zero attached hydrogens (tertiary/aromatic N) is 3. The molecule has 1 aromatic heterocycles. The molecule has 0 atom stereocenters. The normalized spacial score (nSPS) is 7.00. The number of imidazole rings is 1. The maximum absolute atomic E-state index is 8.08. The van der Waals surface area contributed by atoms with E-state index in [4.69, 9.17) is 5.26 Å². The van der Waals surface area contributed by atoms with Crippen molar-refractivity contribution >= 4 is 7.41 Å². The first-order chi connectivity index (χ1) is 3.93. The predicted octanol–water partition coefficient (Wildman–Crippen LogP) is -2.94. The fourth-order valence-electron chi connectivity index (χ4n) is 0.412. The average Bonchev–Trinajstić information content (AvgIpc) is 2.19. The fraction of sp³-hybridized carbons (Fsp3) is 0. The van der Waals surface area contributed by atoms with Crippen LogP contribution in [0.1, 0.15) is 2.85 Å². The van der Waals surface area contributed by atoms with Crippen molar-refractivity contribution in [2.24, 2.45) is 0 Å². The van der Waals surface area contributed by atoms with E-state index in [1.807, 2.05) is 5.97 Å². The zero-order valence-corrected chi connectivity index (χ0v) is 7.15. The Labute approximate surface area is 79.2 Å². The molecule has 0 spiro atoms. The van der Waals surface area contributed by atoms with Gasteiger partial charge in [-0.1, -0.05) is 0 Å². The van der Waals surface area contributed by atoms with Gasteiger partial charge in [-0.25, -0.2) is 10.2 Å². The Morgan fingerprint density at radius 2 is 2.67 bits per heavy atom. The Hall–Kier alpha value is -0.235. The minimum absolute atomic E-state index is 0. The van der Waals surface area contributed by atoms with Gasteiger partial charge in [0.15, 0.2) is 0 Å². The van der Waals surface area contributed by atoms with Gasteiger partial charge >= 0.3 is 38.4 Å². The molecule has 0 aliphatic carbocycles. The van der Waals surface area contributed by atoms with E-state index in [1.165, 1.54) is 7.41 Å². The molecule has 0 aromatic carbocycles. The van der Waals surface area contributed by atoms with Crippen molar-refractivity contribution in [2.45, 2.75) is 0 Å². The molecule has 9 heavy (non-hydrogen) atoms. The molecule has 39 valence electrons. The van der Waals surface area contributed by atoms with E-state index >= 15 is 0 Å². The Bertz CT molecular complexity index is 198. The van der Waals surface area contributed by atoms with Gasteiger partial charge in [0.05, 0.1) is 6.33 Å². The first-order valence-corrected chi connectivity index (χ1v) is 2.14. The summed E-state index contributed by atoms with van der Waals surface area (Å²) in [6.45, 7) is 0. The zero-order chi connectivity index (χ0) is 5.82. The van der Waals surface area contributed by atoms with Crippen LogP contribution in [0.15, 0.2) is 18.7 Å². The topological polar surface area (TPSA) is 41.6 Å². The molecule has 5 heteroatoms. The molecule has 0 saturated heterocycles. The standard InChI is InChI=1S/C4H3BN3.Na.H/c6-3-5-8-2-1-7-4-8;;/h1-2,4H;;/q;+1;-1/p+1. The largest absolute Gasteiger partial charge is 1.00 e. The van der Waals surface area contributed by atoms with Crippen molar-refractivity contribution < 1.29 is 32.4 Å². The van der Waals surface area contributed by atoms with Crippen molar-refractivity contribution in [1.82, 2.24) is 9.46 Å². The number of aromatic nitrogens is 2. The molecule has 0 saturated carbocycles. The molecule has 0 N–H and O–H groups in total. The third kappa shape index (κ3) is 2.71. The number of hydrogen-bond acceptors (Lipinski definition) is 2. The summed E-state index contributed by atoms with van der Waals surface area (Å²) < 4.78 is 1.58. The minimum Gasteiger partial charge on any atom is -1.00 e. The molecule has 0 amide bonds. The van der Waals surface area contributed by atoms with E-state index in [1.54, 1.807) is 23.2 Å². The van der Waals surface area contributed by atoms with Crippen molar-refractivity contribution in [3.8, 4) is 5.97 Å². The van der Waals surface area contributed by atoms with Crippen LogP contribution < -0.4 is 29.6 Å². The van der Waals surface area contributed by atoms with Crippen LogP contribution in [-0.4, -0.2) is 16.9 Å². The molecule has 3 nitrogen and oxygen atoms in total. The second-order valence-corrected chi connectivity index (χ2v) is 1.27. The van der Waals surface area contributed by atoms with Gasteiger partial charge in [0, 0.05) is 18.4 Å². The van der Waals surface area contributed by atoms with Crippen LogP contribution in [0.2, 0.25) is 0 Å². The summed E-state index contributed by atoms with van der Waals surface area (Å²) in [6.07, 6.45) is 4.88. The van der Waals surface area contributed by atoms with Crippen LogP contribution in [-0.2, 0) is 0 Å². The molecule has 1 heterocycles. The van der Waals surface area contributed by atoms with Gasteiger partial charge in [-0.3, -0.25) is 0 Å². The van der Waals surface area contributed by atoms with Crippen molar-refractivity contribution in [2.75, 3.05) is 0 Å². The molecule has 1 radical (unpaired) electrons. The smallest absolute Gasteiger partial charge is 1.00 e. The first kappa shape index (κ1) is 8.76. The van der Waals surface area contributed by atoms with Crippen molar-refractivity contribution in [1.29, 1.82) is 5.26 Å². The van der Waals surface area contributed by atoms with Crippen LogP contribution in [0.25, 0.3) is 0 Å². The third-order valence-electron chi connectivity index (χ3n) is 0.732. The Morgan fingerprint density at radius 1 is 1.89 bits per heavy atom. The maximum atomic E-state index is 8.08. The van der Waals surface area contributed by atoms with Crippen molar-refractivity contribution in [3.63, 3.8) is 0 Å². The molecule has 0 bridgehead atoms. The van der Waals surface area contributed by atoms with Crippen LogP contribution in [0.4, 0.5) is 0 Å². The van der Waals surface area contributed by atoms with Gasteiger partial charge in [0.1, 0.15) is 0 Å². The Balaban J connectivity index is -0.000000213. The first-order valence-electron chi connectivity index (χ1n) is 2.14. The maximum Gasteiger partial charge on any atom is 1.00 e. The number of hydrogen-bond donors (Lipinski definition) is 0. The van der Waals surface area contributed by atoms with Crippen molar-refractivity contribution in [3.05, 3.63) is 18.7 Å². The van der Waals surface area contributed by atoms with Crippen LogP contribution in [0.5, 0.6) is 0 Å². The Morgan fingerprint density at radius 3 is 3.11 bits per heavy atom. The second kappa shape index (κ2) is 4.63. The number of rotatable bonds is 1. The van der Waals surface area contributed by atoms with Gasteiger partial charge in [-0.05, 0) is 0 Å². The van der Waals surface area contributed by atoms with Gasteiger partial charge < -0.3 is 5.90 Å². The van der Waals surface area contributed by atoms with Gasteiger partial charge in [-0.15, -0.1) is 0 Å². The Kier molecular flexibility index (Phi) is 4.50. The monoisotopic (exact) mass is 129 g/mol. The molecule has 0 unspecified atom stereocenters. The summed E-state index contributed by atoms with van der Waals surface area (Å²) >= 11 is 0. The summed E-state index contributed by atoms with van der Waals surface area (Å²) in [5, 5.41) is 8.08. The van der Waals surface area contributed by atoms with E-state index < -0.39 is 0 Å². The average molecular weight is 129 g/mol. The summed E-state index contributed by atoms with van der Waals surface area (Å²) in [6, 6.07) is 0. The molecular formula is C4H5BN3Na+. The van der Waals surface area contributed by atoms with E-state index in [0.29, 0.717) is 0 Å². The van der Waals surface area contributed by atoms with Gasteiger partial charge in [0.2, 0.25) is 0 Å². The zero-order valence-electron chi connectivity index (χ0n) is 7.15. The quantitative estimate of drug-likeness (QED) is 0.380. The molecule has 1 rings (SSSR count). The summed E-state index contributed by atoms with van der Waals surface area (Å²) in [5.74, 6) is 1.87. The number of nitriles is 1. The molecular weight excluding hydrogens is 124 g/mol. The third-order valence-corrected chi connectivity index (χ3v) is 0.732. The summed E-state index contributed by atoms with van der Waals surface area (Å²) in [5.41, 5.74) is 0. The minimum atomic E-state index is 0.